The number of aliphatic carboxylic acids is 2. The summed E-state index contributed by atoms with van der Waals surface area (Å²) in [5.74, 6) is -3.04. The molecule has 42 heavy (non-hydrogen) atoms. The number of alkyl halides is 6. The topological polar surface area (TPSA) is 147 Å². The van der Waals surface area contributed by atoms with Gasteiger partial charge >= 0.3 is 24.3 Å². The number of aromatic nitrogens is 4. The van der Waals surface area contributed by atoms with Crippen LogP contribution in [0.2, 0.25) is 0 Å². The number of aryl methyl sites for hydroxylation is 1. The highest BCUT2D eigenvalue weighted by molar-refractivity contribution is 5.83. The number of carbonyl (C=O) groups is 2. The summed E-state index contributed by atoms with van der Waals surface area (Å²) in [4.78, 5) is 25.1. The quantitative estimate of drug-likeness (QED) is 0.363. The van der Waals surface area contributed by atoms with Crippen LogP contribution in [-0.4, -0.2) is 92.0 Å². The molecule has 0 unspecified atom stereocenters. The van der Waals surface area contributed by atoms with Gasteiger partial charge in [0.25, 0.3) is 5.95 Å². The first-order valence-corrected chi connectivity index (χ1v) is 13.0. The number of rotatable bonds is 5. The van der Waals surface area contributed by atoms with Crippen molar-refractivity contribution in [3.8, 4) is 5.95 Å². The SMILES string of the molecule is CCc1nn(-c2noc(C3CCN(C[C@H]4CCNC4)CC3)n2)c2ccccc12.O=C(O)C(F)(F)F.O=C(O)C(F)(F)F. The van der Waals surface area contributed by atoms with Crippen LogP contribution in [0.5, 0.6) is 0 Å². The van der Waals surface area contributed by atoms with E-state index in [0.717, 1.165) is 60.8 Å². The van der Waals surface area contributed by atoms with Gasteiger partial charge < -0.3 is 25.0 Å². The zero-order valence-corrected chi connectivity index (χ0v) is 22.5. The molecule has 0 bridgehead atoms. The fourth-order valence-electron chi connectivity index (χ4n) is 4.62. The van der Waals surface area contributed by atoms with Crippen LogP contribution in [-0.2, 0) is 16.0 Å². The maximum absolute atomic E-state index is 10.6. The molecule has 17 heteroatoms. The predicted octanol–water partition coefficient (Wildman–Crippen LogP) is 4.03. The highest BCUT2D eigenvalue weighted by Gasteiger charge is 2.39. The fraction of sp³-hybridized carbons (Fsp3) is 0.560. The molecule has 0 spiro atoms. The largest absolute Gasteiger partial charge is 0.490 e. The van der Waals surface area contributed by atoms with Gasteiger partial charge in [-0.2, -0.15) is 41.1 Å². The minimum Gasteiger partial charge on any atom is -0.475 e. The second kappa shape index (κ2) is 14.0. The molecule has 1 aromatic carbocycles. The van der Waals surface area contributed by atoms with Crippen LogP contribution in [0.15, 0.2) is 28.8 Å². The molecule has 2 saturated heterocycles. The van der Waals surface area contributed by atoms with E-state index in [0.29, 0.717) is 11.9 Å². The highest BCUT2D eigenvalue weighted by Crippen LogP contribution is 2.29. The summed E-state index contributed by atoms with van der Waals surface area (Å²) in [6.45, 7) is 7.91. The monoisotopic (exact) mass is 608 g/mol. The number of piperidine rings is 1. The standard InChI is InChI=1S/C21H28N6O.2C2HF3O2/c1-2-18-17-5-3-4-6-19(17)27(24-18)21-23-20(28-25-21)16-8-11-26(12-9-16)14-15-7-10-22-13-15;2*3-2(4,5)1(6)7/h3-6,15-16,22H,2,7-14H2,1H3;2*(H,6,7)/t15-;;/m0../s1. The number of fused-ring (bicyclic) bond motifs is 1. The first-order valence-electron chi connectivity index (χ1n) is 13.0. The van der Waals surface area contributed by atoms with Crippen molar-refractivity contribution < 1.29 is 50.7 Å². The summed E-state index contributed by atoms with van der Waals surface area (Å²) in [6.07, 6.45) is -5.80. The van der Waals surface area contributed by atoms with Gasteiger partial charge in [0, 0.05) is 17.8 Å². The van der Waals surface area contributed by atoms with Crippen LogP contribution in [0, 0.1) is 5.92 Å². The third-order valence-electron chi connectivity index (χ3n) is 6.72. The van der Waals surface area contributed by atoms with Crippen LogP contribution in [0.1, 0.15) is 43.7 Å². The van der Waals surface area contributed by atoms with Gasteiger partial charge in [-0.15, -0.1) is 0 Å². The third kappa shape index (κ3) is 8.88. The van der Waals surface area contributed by atoms with E-state index in [1.807, 2.05) is 16.8 Å². The van der Waals surface area contributed by atoms with Crippen molar-refractivity contribution in [3.63, 3.8) is 0 Å². The number of nitrogens with zero attached hydrogens (tertiary/aromatic N) is 5. The summed E-state index contributed by atoms with van der Waals surface area (Å²) in [5.41, 5.74) is 2.10. The number of nitrogens with one attached hydrogen (secondary N) is 1. The smallest absolute Gasteiger partial charge is 0.475 e. The van der Waals surface area contributed by atoms with E-state index in [-0.39, 0.29) is 0 Å². The lowest BCUT2D eigenvalue weighted by molar-refractivity contribution is -0.193. The van der Waals surface area contributed by atoms with E-state index in [1.165, 1.54) is 26.1 Å². The van der Waals surface area contributed by atoms with Crippen molar-refractivity contribution in [2.24, 2.45) is 5.92 Å². The maximum Gasteiger partial charge on any atom is 0.490 e. The van der Waals surface area contributed by atoms with Crippen LogP contribution in [0.4, 0.5) is 26.3 Å². The molecule has 0 aliphatic carbocycles. The summed E-state index contributed by atoms with van der Waals surface area (Å²) in [5, 5.41) is 27.9. The number of carboxylic acids is 2. The zero-order chi connectivity index (χ0) is 31.1. The van der Waals surface area contributed by atoms with E-state index in [4.69, 9.17) is 34.4 Å². The maximum atomic E-state index is 10.6. The van der Waals surface area contributed by atoms with Gasteiger partial charge in [0.1, 0.15) is 0 Å². The second-order valence-corrected chi connectivity index (χ2v) is 9.70. The molecule has 2 aliphatic heterocycles. The van der Waals surface area contributed by atoms with Gasteiger partial charge in [0.15, 0.2) is 0 Å². The Kier molecular flexibility index (Phi) is 10.9. The van der Waals surface area contributed by atoms with E-state index < -0.39 is 24.3 Å². The van der Waals surface area contributed by atoms with Crippen molar-refractivity contribution in [2.45, 2.75) is 50.9 Å². The number of hydrogen-bond acceptors (Lipinski definition) is 8. The van der Waals surface area contributed by atoms with Crippen molar-refractivity contribution in [3.05, 3.63) is 35.9 Å². The number of carboxylic acid groups (broad SMARTS) is 2. The summed E-state index contributed by atoms with van der Waals surface area (Å²) >= 11 is 0. The van der Waals surface area contributed by atoms with Gasteiger partial charge in [0.2, 0.25) is 5.89 Å². The Morgan fingerprint density at radius 3 is 2.14 bits per heavy atom. The van der Waals surface area contributed by atoms with Crippen molar-refractivity contribution in [1.82, 2.24) is 30.1 Å². The number of benzene rings is 1. The average molecular weight is 609 g/mol. The van der Waals surface area contributed by atoms with Crippen molar-refractivity contribution in [1.29, 1.82) is 0 Å². The lowest BCUT2D eigenvalue weighted by atomic mass is 9.95. The normalized spacial score (nSPS) is 18.2. The number of hydrogen-bond donors (Lipinski definition) is 3. The van der Waals surface area contributed by atoms with Gasteiger partial charge in [-0.1, -0.05) is 25.1 Å². The molecule has 11 nitrogen and oxygen atoms in total. The Balaban J connectivity index is 0.000000289. The number of halogens is 6. The Morgan fingerprint density at radius 1 is 1.02 bits per heavy atom. The second-order valence-electron chi connectivity index (χ2n) is 9.70. The van der Waals surface area contributed by atoms with Crippen LogP contribution >= 0.6 is 0 Å². The Morgan fingerprint density at radius 2 is 1.62 bits per heavy atom. The predicted molar refractivity (Wildman–Crippen MR) is 135 cm³/mol. The van der Waals surface area contributed by atoms with E-state index in [2.05, 4.69) is 34.4 Å². The lowest BCUT2D eigenvalue weighted by Gasteiger charge is -2.31. The summed E-state index contributed by atoms with van der Waals surface area (Å²) < 4.78 is 71.0. The average Bonchev–Trinajstić information content (AvgIpc) is 3.69. The molecule has 3 aromatic rings. The first-order chi connectivity index (χ1) is 19.7. The molecule has 2 aliphatic rings. The van der Waals surface area contributed by atoms with Gasteiger partial charge in [0.05, 0.1) is 11.2 Å². The van der Waals surface area contributed by atoms with Crippen molar-refractivity contribution in [2.75, 3.05) is 32.7 Å². The minimum atomic E-state index is -5.08. The molecule has 4 heterocycles. The van der Waals surface area contributed by atoms with E-state index >= 15 is 0 Å². The van der Waals surface area contributed by atoms with Crippen LogP contribution in [0.25, 0.3) is 16.9 Å². The van der Waals surface area contributed by atoms with Gasteiger partial charge in [-0.3, -0.25) is 0 Å². The Labute approximate surface area is 235 Å². The molecular weight excluding hydrogens is 578 g/mol. The Hall–Kier alpha value is -3.73. The summed E-state index contributed by atoms with van der Waals surface area (Å²) in [7, 11) is 0. The molecule has 3 N–H and O–H groups in total. The lowest BCUT2D eigenvalue weighted by Crippen LogP contribution is -2.37. The molecular formula is C25H30F6N6O5. The number of para-hydroxylation sites is 1. The summed E-state index contributed by atoms with van der Waals surface area (Å²) in [6, 6.07) is 8.24. The zero-order valence-electron chi connectivity index (χ0n) is 22.5. The van der Waals surface area contributed by atoms with E-state index in [1.54, 1.807) is 0 Å². The molecule has 2 fully saturated rings. The van der Waals surface area contributed by atoms with Crippen LogP contribution in [0.3, 0.4) is 0 Å². The molecule has 0 saturated carbocycles. The third-order valence-corrected chi connectivity index (χ3v) is 6.72. The van der Waals surface area contributed by atoms with Crippen molar-refractivity contribution >= 4 is 22.8 Å². The molecule has 5 rings (SSSR count). The molecule has 2 aromatic heterocycles. The Bertz CT molecular complexity index is 1300. The molecule has 232 valence electrons. The van der Waals surface area contributed by atoms with E-state index in [9.17, 15) is 26.3 Å². The van der Waals surface area contributed by atoms with Gasteiger partial charge in [-0.25, -0.2) is 9.59 Å². The first kappa shape index (κ1) is 32.8. The fourth-order valence-corrected chi connectivity index (χ4v) is 4.62. The minimum absolute atomic E-state index is 0.353. The van der Waals surface area contributed by atoms with Crippen LogP contribution < -0.4 is 5.32 Å². The highest BCUT2D eigenvalue weighted by atomic mass is 19.4. The molecule has 1 atom stereocenters. The molecule has 0 radical (unpaired) electrons. The number of likely N-dealkylation sites (tertiary alicyclic amines) is 1. The molecule has 0 amide bonds. The van der Waals surface area contributed by atoms with Gasteiger partial charge in [-0.05, 0) is 69.0 Å².